The molecule has 0 saturated heterocycles. The summed E-state index contributed by atoms with van der Waals surface area (Å²) in [5.41, 5.74) is 1.94. The van der Waals surface area contributed by atoms with E-state index < -0.39 is 5.97 Å². The maximum atomic E-state index is 10.8. The predicted molar refractivity (Wildman–Crippen MR) is 81.9 cm³/mol. The Morgan fingerprint density at radius 3 is 2.65 bits per heavy atom. The van der Waals surface area contributed by atoms with Crippen molar-refractivity contribution in [2.75, 3.05) is 6.61 Å². The fraction of sp³-hybridized carbons (Fsp3) is 0.562. The van der Waals surface area contributed by atoms with Gasteiger partial charge in [0.25, 0.3) is 0 Å². The quantitative estimate of drug-likeness (QED) is 0.710. The molecule has 0 aromatic heterocycles. The second-order valence-corrected chi connectivity index (χ2v) is 5.67. The van der Waals surface area contributed by atoms with E-state index in [-0.39, 0.29) is 12.3 Å². The van der Waals surface area contributed by atoms with Crippen LogP contribution in [-0.4, -0.2) is 17.7 Å². The van der Waals surface area contributed by atoms with Gasteiger partial charge >= 0.3 is 5.97 Å². The lowest BCUT2D eigenvalue weighted by Crippen LogP contribution is -2.06. The molecule has 1 N–H and O–H groups in total. The fourth-order valence-corrected chi connectivity index (χ4v) is 2.27. The second kappa shape index (κ2) is 8.15. The zero-order valence-electron chi connectivity index (χ0n) is 12.4. The van der Waals surface area contributed by atoms with E-state index in [1.165, 1.54) is 0 Å². The highest BCUT2D eigenvalue weighted by Gasteiger charge is 2.15. The molecule has 0 aliphatic rings. The molecular formula is C16H23ClO3. The Hall–Kier alpha value is -1.22. The van der Waals surface area contributed by atoms with E-state index in [1.807, 2.05) is 12.1 Å². The summed E-state index contributed by atoms with van der Waals surface area (Å²) in [6.45, 7) is 6.93. The van der Waals surface area contributed by atoms with Gasteiger partial charge in [0.2, 0.25) is 0 Å². The van der Waals surface area contributed by atoms with Gasteiger partial charge in [-0.25, -0.2) is 0 Å². The molecule has 112 valence electrons. The molecule has 4 heteroatoms. The van der Waals surface area contributed by atoms with Gasteiger partial charge in [0.05, 0.1) is 6.61 Å². The van der Waals surface area contributed by atoms with Crippen molar-refractivity contribution in [3.05, 3.63) is 28.3 Å². The first-order valence-electron chi connectivity index (χ1n) is 7.12. The van der Waals surface area contributed by atoms with E-state index in [9.17, 15) is 4.79 Å². The van der Waals surface area contributed by atoms with Gasteiger partial charge in [-0.3, -0.25) is 4.79 Å². The average Bonchev–Trinajstić information content (AvgIpc) is 2.37. The molecule has 0 saturated carbocycles. The molecule has 0 heterocycles. The smallest absolute Gasteiger partial charge is 0.303 e. The van der Waals surface area contributed by atoms with E-state index in [0.29, 0.717) is 18.1 Å². The molecule has 0 amide bonds. The highest BCUT2D eigenvalue weighted by atomic mass is 35.5. The van der Waals surface area contributed by atoms with Gasteiger partial charge in [0.1, 0.15) is 5.75 Å². The van der Waals surface area contributed by atoms with Crippen LogP contribution in [0.1, 0.15) is 57.1 Å². The highest BCUT2D eigenvalue weighted by molar-refractivity contribution is 6.30. The Morgan fingerprint density at radius 2 is 2.10 bits per heavy atom. The molecule has 0 atom stereocenters. The molecule has 1 aromatic rings. The highest BCUT2D eigenvalue weighted by Crippen LogP contribution is 2.34. The Bertz CT molecular complexity index is 455. The standard InChI is InChI=1S/C16H23ClO3/c1-4-5-8-20-16-12(6-7-15(18)19)9-13(17)10-14(16)11(2)3/h9-11H,4-8H2,1-3H3,(H,18,19). The number of aryl methyl sites for hydroxylation is 1. The molecule has 20 heavy (non-hydrogen) atoms. The Balaban J connectivity index is 3.06. The molecule has 0 unspecified atom stereocenters. The topological polar surface area (TPSA) is 46.5 Å². The Morgan fingerprint density at radius 1 is 1.40 bits per heavy atom. The molecule has 1 rings (SSSR count). The van der Waals surface area contributed by atoms with Crippen molar-refractivity contribution in [1.82, 2.24) is 0 Å². The molecule has 0 fully saturated rings. The van der Waals surface area contributed by atoms with Crippen LogP contribution in [-0.2, 0) is 11.2 Å². The van der Waals surface area contributed by atoms with Crippen LogP contribution in [0.25, 0.3) is 0 Å². The minimum Gasteiger partial charge on any atom is -0.493 e. The zero-order valence-corrected chi connectivity index (χ0v) is 13.2. The number of carbonyl (C=O) groups is 1. The van der Waals surface area contributed by atoms with Gasteiger partial charge in [0.15, 0.2) is 0 Å². The Labute approximate surface area is 125 Å². The van der Waals surface area contributed by atoms with Crippen LogP contribution in [0.3, 0.4) is 0 Å². The van der Waals surface area contributed by atoms with Crippen LogP contribution < -0.4 is 4.74 Å². The lowest BCUT2D eigenvalue weighted by atomic mass is 9.97. The van der Waals surface area contributed by atoms with Crippen molar-refractivity contribution < 1.29 is 14.6 Å². The third-order valence-electron chi connectivity index (χ3n) is 3.13. The third-order valence-corrected chi connectivity index (χ3v) is 3.35. The minimum atomic E-state index is -0.810. The van der Waals surface area contributed by atoms with Gasteiger partial charge in [-0.1, -0.05) is 38.8 Å². The number of hydrogen-bond acceptors (Lipinski definition) is 2. The molecule has 1 aromatic carbocycles. The molecular weight excluding hydrogens is 276 g/mol. The van der Waals surface area contributed by atoms with Crippen LogP contribution in [0.2, 0.25) is 5.02 Å². The molecule has 0 spiro atoms. The molecule has 3 nitrogen and oxygen atoms in total. The maximum absolute atomic E-state index is 10.8. The number of rotatable bonds is 8. The van der Waals surface area contributed by atoms with Gasteiger partial charge in [-0.05, 0) is 42.0 Å². The van der Waals surface area contributed by atoms with Crippen LogP contribution in [0, 0.1) is 0 Å². The van der Waals surface area contributed by atoms with Crippen molar-refractivity contribution in [1.29, 1.82) is 0 Å². The number of carboxylic acids is 1. The third kappa shape index (κ3) is 5.04. The number of unbranched alkanes of at least 4 members (excludes halogenated alkanes) is 1. The van der Waals surface area contributed by atoms with Crippen molar-refractivity contribution in [3.63, 3.8) is 0 Å². The number of halogens is 1. The SMILES string of the molecule is CCCCOc1c(CCC(=O)O)cc(Cl)cc1C(C)C. The second-order valence-electron chi connectivity index (χ2n) is 5.23. The first-order valence-corrected chi connectivity index (χ1v) is 7.50. The van der Waals surface area contributed by atoms with Crippen molar-refractivity contribution >= 4 is 17.6 Å². The van der Waals surface area contributed by atoms with Crippen LogP contribution >= 0.6 is 11.6 Å². The summed E-state index contributed by atoms with van der Waals surface area (Å²) in [5, 5.41) is 9.49. The van der Waals surface area contributed by atoms with Crippen molar-refractivity contribution in [2.45, 2.75) is 52.4 Å². The molecule has 0 aliphatic heterocycles. The minimum absolute atomic E-state index is 0.0853. The predicted octanol–water partition coefficient (Wildman–Crippen LogP) is 4.66. The van der Waals surface area contributed by atoms with E-state index in [0.717, 1.165) is 29.7 Å². The van der Waals surface area contributed by atoms with E-state index in [1.54, 1.807) is 0 Å². The van der Waals surface area contributed by atoms with Crippen molar-refractivity contribution in [3.8, 4) is 5.75 Å². The molecule has 0 radical (unpaired) electrons. The van der Waals surface area contributed by atoms with E-state index >= 15 is 0 Å². The number of carboxylic acid groups (broad SMARTS) is 1. The normalized spacial score (nSPS) is 10.8. The Kier molecular flexibility index (Phi) is 6.86. The van der Waals surface area contributed by atoms with E-state index in [2.05, 4.69) is 20.8 Å². The zero-order chi connectivity index (χ0) is 15.1. The van der Waals surface area contributed by atoms with Gasteiger partial charge < -0.3 is 9.84 Å². The van der Waals surface area contributed by atoms with Gasteiger partial charge in [-0.15, -0.1) is 0 Å². The average molecular weight is 299 g/mol. The molecule has 0 aliphatic carbocycles. The number of benzene rings is 1. The summed E-state index contributed by atoms with van der Waals surface area (Å²) in [5.74, 6) is 0.295. The van der Waals surface area contributed by atoms with Crippen LogP contribution in [0.4, 0.5) is 0 Å². The van der Waals surface area contributed by atoms with Gasteiger partial charge in [0, 0.05) is 11.4 Å². The molecule has 0 bridgehead atoms. The summed E-state index contributed by atoms with van der Waals surface area (Å²) in [6.07, 6.45) is 2.58. The number of aliphatic carboxylic acids is 1. The number of hydrogen-bond donors (Lipinski definition) is 1. The van der Waals surface area contributed by atoms with Crippen LogP contribution in [0.5, 0.6) is 5.75 Å². The maximum Gasteiger partial charge on any atom is 0.303 e. The number of ether oxygens (including phenoxy) is 1. The lowest BCUT2D eigenvalue weighted by Gasteiger charge is -2.18. The largest absolute Gasteiger partial charge is 0.493 e. The summed E-state index contributed by atoms with van der Waals surface area (Å²) in [4.78, 5) is 10.8. The summed E-state index contributed by atoms with van der Waals surface area (Å²) >= 11 is 6.14. The fourth-order valence-electron chi connectivity index (χ4n) is 2.02. The van der Waals surface area contributed by atoms with Gasteiger partial charge in [-0.2, -0.15) is 0 Å². The summed E-state index contributed by atoms with van der Waals surface area (Å²) in [7, 11) is 0. The lowest BCUT2D eigenvalue weighted by molar-refractivity contribution is -0.136. The first kappa shape index (κ1) is 16.8. The monoisotopic (exact) mass is 298 g/mol. The first-order chi connectivity index (χ1) is 9.45. The van der Waals surface area contributed by atoms with Crippen molar-refractivity contribution in [2.24, 2.45) is 0 Å². The van der Waals surface area contributed by atoms with Crippen LogP contribution in [0.15, 0.2) is 12.1 Å². The summed E-state index contributed by atoms with van der Waals surface area (Å²) < 4.78 is 5.91. The summed E-state index contributed by atoms with van der Waals surface area (Å²) in [6, 6.07) is 3.73. The van der Waals surface area contributed by atoms with E-state index in [4.69, 9.17) is 21.4 Å².